The maximum absolute atomic E-state index is 9.10. The second-order valence-electron chi connectivity index (χ2n) is 4.55. The summed E-state index contributed by atoms with van der Waals surface area (Å²) in [5.41, 5.74) is 7.48. The smallest absolute Gasteiger partial charge is 0.160 e. The van der Waals surface area contributed by atoms with Gasteiger partial charge in [0.25, 0.3) is 0 Å². The van der Waals surface area contributed by atoms with Crippen molar-refractivity contribution >= 4 is 23.1 Å². The van der Waals surface area contributed by atoms with E-state index < -0.39 is 0 Å². The lowest BCUT2D eigenvalue weighted by atomic mass is 10.3. The molecule has 0 saturated carbocycles. The molecule has 4 N–H and O–H groups in total. The Hall–Kier alpha value is -2.41. The Balaban J connectivity index is 2.29. The fourth-order valence-electron chi connectivity index (χ4n) is 2.01. The minimum absolute atomic E-state index is 0.0412. The maximum atomic E-state index is 9.10. The van der Waals surface area contributed by atoms with Crippen molar-refractivity contribution in [3.8, 4) is 0 Å². The third-order valence-electron chi connectivity index (χ3n) is 3.05. The summed E-state index contributed by atoms with van der Waals surface area (Å²) in [6.45, 7) is 5.11. The Morgan fingerprint density at radius 2 is 2.14 bits per heavy atom. The first-order valence-corrected chi connectivity index (χ1v) is 6.82. The number of hydrogen-bond acceptors (Lipinski definition) is 7. The van der Waals surface area contributed by atoms with E-state index in [0.29, 0.717) is 36.2 Å². The third-order valence-corrected chi connectivity index (χ3v) is 3.05. The predicted molar refractivity (Wildman–Crippen MR) is 83.7 cm³/mol. The van der Waals surface area contributed by atoms with E-state index in [1.807, 2.05) is 36.9 Å². The van der Waals surface area contributed by atoms with Crippen LogP contribution in [0, 0.1) is 6.92 Å². The number of aliphatic hydroxyl groups is 1. The van der Waals surface area contributed by atoms with Crippen molar-refractivity contribution in [2.24, 2.45) is 0 Å². The lowest BCUT2D eigenvalue weighted by Crippen LogP contribution is -2.28. The molecule has 7 heteroatoms. The zero-order valence-corrected chi connectivity index (χ0v) is 12.2. The molecule has 0 saturated heterocycles. The molecule has 7 nitrogen and oxygen atoms in total. The summed E-state index contributed by atoms with van der Waals surface area (Å²) in [5.74, 6) is 1.79. The van der Waals surface area contributed by atoms with Crippen molar-refractivity contribution in [2.75, 3.05) is 35.6 Å². The van der Waals surface area contributed by atoms with Gasteiger partial charge in [-0.15, -0.1) is 0 Å². The maximum Gasteiger partial charge on any atom is 0.160 e. The summed E-state index contributed by atoms with van der Waals surface area (Å²) in [7, 11) is 0. The van der Waals surface area contributed by atoms with Gasteiger partial charge < -0.3 is 21.1 Å². The first kappa shape index (κ1) is 15.0. The molecule has 2 heterocycles. The lowest BCUT2D eigenvalue weighted by molar-refractivity contribution is 0.302. The zero-order chi connectivity index (χ0) is 15.2. The molecule has 0 amide bonds. The molecule has 2 aromatic rings. The normalized spacial score (nSPS) is 10.4. The molecule has 0 aliphatic heterocycles. The van der Waals surface area contributed by atoms with Gasteiger partial charge in [0, 0.05) is 18.8 Å². The van der Waals surface area contributed by atoms with Gasteiger partial charge in [0.1, 0.15) is 17.8 Å². The Morgan fingerprint density at radius 1 is 1.33 bits per heavy atom. The Morgan fingerprint density at radius 3 is 2.81 bits per heavy atom. The van der Waals surface area contributed by atoms with Crippen molar-refractivity contribution in [2.45, 2.75) is 13.8 Å². The van der Waals surface area contributed by atoms with Gasteiger partial charge >= 0.3 is 0 Å². The number of aryl methyl sites for hydroxylation is 1. The predicted octanol–water partition coefficient (Wildman–Crippen LogP) is 1.32. The van der Waals surface area contributed by atoms with E-state index in [4.69, 9.17) is 10.8 Å². The van der Waals surface area contributed by atoms with Gasteiger partial charge in [0.15, 0.2) is 11.6 Å². The number of nitrogen functional groups attached to an aromatic ring is 1. The van der Waals surface area contributed by atoms with Crippen LogP contribution in [0.3, 0.4) is 0 Å². The number of rotatable bonds is 6. The number of likely N-dealkylation sites (N-methyl/N-ethyl adjacent to an activating group) is 1. The van der Waals surface area contributed by atoms with Gasteiger partial charge in [-0.1, -0.05) is 6.07 Å². The SMILES string of the molecule is CCN(CCO)c1ncnc(Nc2cccc(C)n2)c1N. The van der Waals surface area contributed by atoms with Crippen LogP contribution in [0.4, 0.5) is 23.1 Å². The quantitative estimate of drug-likeness (QED) is 0.737. The van der Waals surface area contributed by atoms with Crippen LogP contribution in [0.1, 0.15) is 12.6 Å². The van der Waals surface area contributed by atoms with E-state index in [2.05, 4.69) is 20.3 Å². The van der Waals surface area contributed by atoms with Crippen LogP contribution in [-0.2, 0) is 0 Å². The van der Waals surface area contributed by atoms with Crippen LogP contribution >= 0.6 is 0 Å². The van der Waals surface area contributed by atoms with E-state index in [1.54, 1.807) is 0 Å². The number of pyridine rings is 1. The van der Waals surface area contributed by atoms with Crippen molar-refractivity contribution < 1.29 is 5.11 Å². The molecule has 0 atom stereocenters. The molecule has 0 aliphatic carbocycles. The summed E-state index contributed by atoms with van der Waals surface area (Å²) < 4.78 is 0. The number of aromatic nitrogens is 3. The van der Waals surface area contributed by atoms with E-state index in [0.717, 1.165) is 5.69 Å². The van der Waals surface area contributed by atoms with Crippen molar-refractivity contribution in [3.05, 3.63) is 30.2 Å². The molecule has 0 spiro atoms. The molecule has 21 heavy (non-hydrogen) atoms. The van der Waals surface area contributed by atoms with E-state index in [1.165, 1.54) is 6.33 Å². The molecule has 0 fully saturated rings. The number of nitrogens with one attached hydrogen (secondary N) is 1. The molecular formula is C14H20N6O. The van der Waals surface area contributed by atoms with Crippen molar-refractivity contribution in [1.82, 2.24) is 15.0 Å². The summed E-state index contributed by atoms with van der Waals surface area (Å²) in [5, 5.41) is 12.2. The Bertz CT molecular complexity index is 604. The first-order chi connectivity index (χ1) is 10.2. The summed E-state index contributed by atoms with van der Waals surface area (Å²) >= 11 is 0. The highest BCUT2D eigenvalue weighted by Crippen LogP contribution is 2.27. The van der Waals surface area contributed by atoms with Gasteiger partial charge in [0.2, 0.25) is 0 Å². The number of aliphatic hydroxyl groups excluding tert-OH is 1. The van der Waals surface area contributed by atoms with E-state index in [-0.39, 0.29) is 6.61 Å². The second kappa shape index (κ2) is 6.85. The Kier molecular flexibility index (Phi) is 4.89. The van der Waals surface area contributed by atoms with Crippen LogP contribution < -0.4 is 16.0 Å². The number of hydrogen-bond donors (Lipinski definition) is 3. The molecule has 0 aliphatic rings. The topological polar surface area (TPSA) is 100 Å². The Labute approximate surface area is 123 Å². The fraction of sp³-hybridized carbons (Fsp3) is 0.357. The van der Waals surface area contributed by atoms with Gasteiger partial charge in [-0.2, -0.15) is 0 Å². The number of anilines is 4. The summed E-state index contributed by atoms with van der Waals surface area (Å²) in [4.78, 5) is 14.6. The van der Waals surface area contributed by atoms with Crippen LogP contribution in [0.5, 0.6) is 0 Å². The highest BCUT2D eigenvalue weighted by Gasteiger charge is 2.14. The molecule has 2 rings (SSSR count). The third kappa shape index (κ3) is 3.57. The first-order valence-electron chi connectivity index (χ1n) is 6.82. The average molecular weight is 288 g/mol. The molecule has 0 unspecified atom stereocenters. The lowest BCUT2D eigenvalue weighted by Gasteiger charge is -2.23. The standard InChI is InChI=1S/C14H20N6O/c1-3-20(7-8-21)14-12(15)13(16-9-17-14)19-11-6-4-5-10(2)18-11/h4-6,9,21H,3,7-8,15H2,1-2H3,(H,16,17,18,19). The van der Waals surface area contributed by atoms with Gasteiger partial charge in [-0.25, -0.2) is 15.0 Å². The van der Waals surface area contributed by atoms with Crippen LogP contribution in [0.25, 0.3) is 0 Å². The highest BCUT2D eigenvalue weighted by molar-refractivity contribution is 5.77. The molecular weight excluding hydrogens is 268 g/mol. The number of nitrogens with zero attached hydrogens (tertiary/aromatic N) is 4. The highest BCUT2D eigenvalue weighted by atomic mass is 16.3. The molecule has 0 aromatic carbocycles. The summed E-state index contributed by atoms with van der Waals surface area (Å²) in [6.07, 6.45) is 1.45. The minimum atomic E-state index is 0.0412. The fourth-order valence-corrected chi connectivity index (χ4v) is 2.01. The van der Waals surface area contributed by atoms with E-state index >= 15 is 0 Å². The molecule has 112 valence electrons. The second-order valence-corrected chi connectivity index (χ2v) is 4.55. The molecule has 0 radical (unpaired) electrons. The van der Waals surface area contributed by atoms with Crippen molar-refractivity contribution in [1.29, 1.82) is 0 Å². The minimum Gasteiger partial charge on any atom is -0.395 e. The van der Waals surface area contributed by atoms with Crippen LogP contribution in [0.2, 0.25) is 0 Å². The zero-order valence-electron chi connectivity index (χ0n) is 12.2. The van der Waals surface area contributed by atoms with Crippen molar-refractivity contribution in [3.63, 3.8) is 0 Å². The summed E-state index contributed by atoms with van der Waals surface area (Å²) in [6, 6.07) is 5.67. The van der Waals surface area contributed by atoms with Gasteiger partial charge in [-0.05, 0) is 26.0 Å². The van der Waals surface area contributed by atoms with Crippen LogP contribution in [-0.4, -0.2) is 39.8 Å². The monoisotopic (exact) mass is 288 g/mol. The molecule has 0 bridgehead atoms. The average Bonchev–Trinajstić information content (AvgIpc) is 2.47. The van der Waals surface area contributed by atoms with Gasteiger partial charge in [0.05, 0.1) is 6.61 Å². The largest absolute Gasteiger partial charge is 0.395 e. The van der Waals surface area contributed by atoms with E-state index in [9.17, 15) is 0 Å². The van der Waals surface area contributed by atoms with Gasteiger partial charge in [-0.3, -0.25) is 0 Å². The van der Waals surface area contributed by atoms with Crippen LogP contribution in [0.15, 0.2) is 24.5 Å². The number of nitrogens with two attached hydrogens (primary N) is 1. The molecule has 2 aromatic heterocycles.